The van der Waals surface area contributed by atoms with E-state index in [1.54, 1.807) is 32.2 Å². The molecule has 2 aromatic carbocycles. The average Bonchev–Trinajstić information content (AvgIpc) is 3.44. The lowest BCUT2D eigenvalue weighted by molar-refractivity contribution is -0.111. The Labute approximate surface area is 199 Å². The summed E-state index contributed by atoms with van der Waals surface area (Å²) in [4.78, 5) is 12.6. The number of anilines is 1. The molecule has 7 nitrogen and oxygen atoms in total. The zero-order valence-electron chi connectivity index (χ0n) is 18.7. The minimum Gasteiger partial charge on any atom is -0.497 e. The summed E-state index contributed by atoms with van der Waals surface area (Å²) in [7, 11) is 3.23. The maximum absolute atomic E-state index is 12.6. The molecule has 2 aromatic heterocycles. The van der Waals surface area contributed by atoms with E-state index in [4.69, 9.17) is 13.9 Å². The summed E-state index contributed by atoms with van der Waals surface area (Å²) in [6, 6.07) is 11.6. The van der Waals surface area contributed by atoms with Crippen LogP contribution < -0.4 is 14.8 Å². The molecule has 0 aliphatic carbocycles. The van der Waals surface area contributed by atoms with Crippen molar-refractivity contribution in [1.29, 1.82) is 0 Å². The Morgan fingerprint density at radius 1 is 1.21 bits per heavy atom. The molecule has 0 unspecified atom stereocenters. The number of rotatable bonds is 8. The summed E-state index contributed by atoms with van der Waals surface area (Å²) in [5, 5.41) is 12.2. The van der Waals surface area contributed by atoms with Crippen LogP contribution in [0.1, 0.15) is 19.4 Å². The standard InChI is InChI=1S/C24H23N3O4S2/c1-5-32-24-27-26-23(33-24)25-22(28)9-14(2)17-11-18-19(13-31-21(18)12-20(17)30-4)15-7-6-8-16(10-15)29-3/h6-13H,5H2,1-4H3,(H,25,26,28)/b14-9+. The highest BCUT2D eigenvalue weighted by Crippen LogP contribution is 2.38. The molecule has 0 saturated carbocycles. The van der Waals surface area contributed by atoms with Gasteiger partial charge in [-0.15, -0.1) is 10.2 Å². The lowest BCUT2D eigenvalue weighted by Crippen LogP contribution is -2.08. The zero-order chi connectivity index (χ0) is 23.4. The second-order valence-electron chi connectivity index (χ2n) is 7.05. The van der Waals surface area contributed by atoms with Crippen LogP contribution in [0, 0.1) is 0 Å². The van der Waals surface area contributed by atoms with E-state index >= 15 is 0 Å². The molecule has 0 saturated heterocycles. The highest BCUT2D eigenvalue weighted by molar-refractivity contribution is 8.01. The van der Waals surface area contributed by atoms with Crippen molar-refractivity contribution < 1.29 is 18.7 Å². The number of benzene rings is 2. The molecule has 4 aromatic rings. The minimum absolute atomic E-state index is 0.279. The van der Waals surface area contributed by atoms with E-state index in [0.29, 0.717) is 16.5 Å². The first-order valence-electron chi connectivity index (χ1n) is 10.2. The Balaban J connectivity index is 1.67. The quantitative estimate of drug-likeness (QED) is 0.184. The van der Waals surface area contributed by atoms with Gasteiger partial charge in [-0.2, -0.15) is 0 Å². The van der Waals surface area contributed by atoms with Crippen molar-refractivity contribution in [2.24, 2.45) is 0 Å². The van der Waals surface area contributed by atoms with E-state index in [1.165, 1.54) is 17.4 Å². The molecule has 9 heteroatoms. The van der Waals surface area contributed by atoms with Crippen LogP contribution in [0.2, 0.25) is 0 Å². The zero-order valence-corrected chi connectivity index (χ0v) is 20.3. The topological polar surface area (TPSA) is 86.5 Å². The Morgan fingerprint density at radius 2 is 2.06 bits per heavy atom. The summed E-state index contributed by atoms with van der Waals surface area (Å²) in [5.41, 5.74) is 4.14. The molecule has 1 N–H and O–H groups in total. The molecule has 0 aliphatic heterocycles. The van der Waals surface area contributed by atoms with Gasteiger partial charge in [0.2, 0.25) is 11.0 Å². The summed E-state index contributed by atoms with van der Waals surface area (Å²) >= 11 is 2.94. The van der Waals surface area contributed by atoms with Gasteiger partial charge >= 0.3 is 0 Å². The van der Waals surface area contributed by atoms with Crippen molar-refractivity contribution in [3.8, 4) is 22.6 Å². The fourth-order valence-corrected chi connectivity index (χ4v) is 5.06. The number of hydrogen-bond acceptors (Lipinski definition) is 8. The minimum atomic E-state index is -0.279. The van der Waals surface area contributed by atoms with Crippen molar-refractivity contribution in [3.05, 3.63) is 54.3 Å². The Kier molecular flexibility index (Phi) is 7.00. The van der Waals surface area contributed by atoms with Crippen LogP contribution in [0.5, 0.6) is 11.5 Å². The van der Waals surface area contributed by atoms with E-state index in [9.17, 15) is 4.79 Å². The Bertz CT molecular complexity index is 1330. The van der Waals surface area contributed by atoms with E-state index in [-0.39, 0.29) is 5.91 Å². The normalized spacial score (nSPS) is 11.6. The number of methoxy groups -OCH3 is 2. The predicted molar refractivity (Wildman–Crippen MR) is 133 cm³/mol. The molecule has 33 heavy (non-hydrogen) atoms. The third kappa shape index (κ3) is 5.04. The highest BCUT2D eigenvalue weighted by atomic mass is 32.2. The van der Waals surface area contributed by atoms with Crippen LogP contribution in [0.4, 0.5) is 5.13 Å². The van der Waals surface area contributed by atoms with Crippen LogP contribution in [0.3, 0.4) is 0 Å². The van der Waals surface area contributed by atoms with Gasteiger partial charge in [0.25, 0.3) is 0 Å². The number of ether oxygens (including phenoxy) is 2. The molecule has 0 atom stereocenters. The van der Waals surface area contributed by atoms with Gasteiger partial charge in [-0.25, -0.2) is 0 Å². The van der Waals surface area contributed by atoms with Gasteiger partial charge in [-0.05, 0) is 42.0 Å². The molecule has 0 fully saturated rings. The van der Waals surface area contributed by atoms with E-state index < -0.39 is 0 Å². The van der Waals surface area contributed by atoms with Gasteiger partial charge in [-0.1, -0.05) is 42.2 Å². The fraction of sp³-hybridized carbons (Fsp3) is 0.208. The van der Waals surface area contributed by atoms with Gasteiger partial charge in [0, 0.05) is 28.7 Å². The largest absolute Gasteiger partial charge is 0.497 e. The first-order valence-corrected chi connectivity index (χ1v) is 12.0. The third-order valence-corrected chi connectivity index (χ3v) is 6.81. The van der Waals surface area contributed by atoms with Gasteiger partial charge in [0.05, 0.1) is 20.5 Å². The average molecular weight is 482 g/mol. The van der Waals surface area contributed by atoms with Crippen LogP contribution in [-0.2, 0) is 4.79 Å². The van der Waals surface area contributed by atoms with Crippen molar-refractivity contribution in [2.75, 3.05) is 25.3 Å². The number of carbonyl (C=O) groups excluding carboxylic acids is 1. The van der Waals surface area contributed by atoms with Gasteiger partial charge in [0.15, 0.2) is 4.34 Å². The number of nitrogens with one attached hydrogen (secondary N) is 1. The molecule has 4 rings (SSSR count). The fourth-order valence-electron chi connectivity index (χ4n) is 3.40. The van der Waals surface area contributed by atoms with E-state index in [0.717, 1.165) is 43.5 Å². The van der Waals surface area contributed by atoms with Crippen molar-refractivity contribution in [1.82, 2.24) is 10.2 Å². The van der Waals surface area contributed by atoms with E-state index in [1.807, 2.05) is 50.2 Å². The van der Waals surface area contributed by atoms with Crippen molar-refractivity contribution in [3.63, 3.8) is 0 Å². The summed E-state index contributed by atoms with van der Waals surface area (Å²) in [6.45, 7) is 3.91. The second-order valence-corrected chi connectivity index (χ2v) is 9.54. The highest BCUT2D eigenvalue weighted by Gasteiger charge is 2.16. The van der Waals surface area contributed by atoms with Crippen LogP contribution in [-0.4, -0.2) is 36.1 Å². The molecule has 170 valence electrons. The number of furan rings is 1. The van der Waals surface area contributed by atoms with E-state index in [2.05, 4.69) is 15.5 Å². The smallest absolute Gasteiger partial charge is 0.250 e. The molecule has 0 aliphatic rings. The monoisotopic (exact) mass is 481 g/mol. The molecular formula is C24H23N3O4S2. The second kappa shape index (κ2) is 10.1. The van der Waals surface area contributed by atoms with Gasteiger partial charge < -0.3 is 13.9 Å². The van der Waals surface area contributed by atoms with Crippen LogP contribution >= 0.6 is 23.1 Å². The SMILES string of the molecule is CCSc1nnc(NC(=O)/C=C(\C)c2cc3c(-c4cccc(OC)c4)coc3cc2OC)s1. The Morgan fingerprint density at radius 3 is 2.82 bits per heavy atom. The van der Waals surface area contributed by atoms with Gasteiger partial charge in [0.1, 0.15) is 17.1 Å². The molecule has 0 bridgehead atoms. The Hall–Kier alpha value is -3.30. The maximum Gasteiger partial charge on any atom is 0.250 e. The third-order valence-electron chi connectivity index (χ3n) is 4.95. The first-order chi connectivity index (χ1) is 16.0. The van der Waals surface area contributed by atoms with Gasteiger partial charge in [-0.3, -0.25) is 10.1 Å². The summed E-state index contributed by atoms with van der Waals surface area (Å²) in [5.74, 6) is 2.00. The van der Waals surface area contributed by atoms with Crippen LogP contribution in [0.25, 0.3) is 27.7 Å². The number of nitrogens with zero attached hydrogens (tertiary/aromatic N) is 2. The maximum atomic E-state index is 12.6. The summed E-state index contributed by atoms with van der Waals surface area (Å²) < 4.78 is 17.6. The lowest BCUT2D eigenvalue weighted by Gasteiger charge is -2.10. The number of aromatic nitrogens is 2. The molecule has 0 spiro atoms. The summed E-state index contributed by atoms with van der Waals surface area (Å²) in [6.07, 6.45) is 3.25. The number of hydrogen-bond donors (Lipinski definition) is 1. The van der Waals surface area contributed by atoms with Crippen molar-refractivity contribution >= 4 is 50.7 Å². The first kappa shape index (κ1) is 22.9. The van der Waals surface area contributed by atoms with Crippen molar-refractivity contribution in [2.45, 2.75) is 18.2 Å². The van der Waals surface area contributed by atoms with Crippen LogP contribution in [0.15, 0.2) is 57.5 Å². The molecule has 1 amide bonds. The number of fused-ring (bicyclic) bond motifs is 1. The molecule has 2 heterocycles. The lowest BCUT2D eigenvalue weighted by atomic mass is 9.99. The predicted octanol–water partition coefficient (Wildman–Crippen LogP) is 6.12. The number of carbonyl (C=O) groups is 1. The molecule has 0 radical (unpaired) electrons. The number of allylic oxidation sites excluding steroid dienone is 1. The number of amides is 1. The molecular weight excluding hydrogens is 458 g/mol. The number of thioether (sulfide) groups is 1.